The normalized spacial score (nSPS) is 17.3. The van der Waals surface area contributed by atoms with E-state index < -0.39 is 0 Å². The van der Waals surface area contributed by atoms with Gasteiger partial charge >= 0.3 is 0 Å². The Hall–Kier alpha value is -0.160. The zero-order chi connectivity index (χ0) is 12.3. The molecule has 1 aliphatic rings. The highest BCUT2D eigenvalue weighted by molar-refractivity contribution is 4.85. The highest BCUT2D eigenvalue weighted by Gasteiger charge is 2.30. The number of methoxy groups -OCH3 is 1. The molecule has 1 saturated carbocycles. The third-order valence-electron chi connectivity index (χ3n) is 2.96. The summed E-state index contributed by atoms with van der Waals surface area (Å²) >= 11 is 0. The van der Waals surface area contributed by atoms with E-state index in [1.54, 1.807) is 7.11 Å². The van der Waals surface area contributed by atoms with Crippen LogP contribution in [-0.2, 0) is 14.2 Å². The van der Waals surface area contributed by atoms with Crippen LogP contribution in [0.4, 0.5) is 0 Å². The molecule has 0 spiro atoms. The van der Waals surface area contributed by atoms with Crippen molar-refractivity contribution in [2.24, 2.45) is 5.92 Å². The van der Waals surface area contributed by atoms with Crippen molar-refractivity contribution in [2.75, 3.05) is 46.7 Å². The number of ether oxygens (including phenoxy) is 3. The molecule has 0 aromatic carbocycles. The molecule has 0 radical (unpaired) electrons. The predicted molar refractivity (Wildman–Crippen MR) is 68.3 cm³/mol. The average Bonchev–Trinajstić information content (AvgIpc) is 3.15. The van der Waals surface area contributed by atoms with Crippen LogP contribution in [0.15, 0.2) is 0 Å². The van der Waals surface area contributed by atoms with Gasteiger partial charge in [-0.1, -0.05) is 6.92 Å². The van der Waals surface area contributed by atoms with E-state index in [1.165, 1.54) is 12.8 Å². The van der Waals surface area contributed by atoms with Gasteiger partial charge in [-0.15, -0.1) is 0 Å². The maximum absolute atomic E-state index is 5.68. The van der Waals surface area contributed by atoms with E-state index in [1.807, 2.05) is 0 Å². The third-order valence-corrected chi connectivity index (χ3v) is 2.96. The first-order chi connectivity index (χ1) is 8.38. The van der Waals surface area contributed by atoms with E-state index in [9.17, 15) is 0 Å². The van der Waals surface area contributed by atoms with E-state index in [-0.39, 0.29) is 0 Å². The number of nitrogens with one attached hydrogen (secondary N) is 1. The molecule has 0 bridgehead atoms. The summed E-state index contributed by atoms with van der Waals surface area (Å²) in [4.78, 5) is 0. The van der Waals surface area contributed by atoms with E-state index in [0.29, 0.717) is 19.3 Å². The maximum Gasteiger partial charge on any atom is 0.0700 e. The van der Waals surface area contributed by atoms with Gasteiger partial charge in [-0.2, -0.15) is 0 Å². The standard InChI is InChI=1S/C13H27NO3/c1-3-14-13(12-5-6-12)11-17-8-4-7-16-10-9-15-2/h12-14H,3-11H2,1-2H3. The van der Waals surface area contributed by atoms with Gasteiger partial charge in [-0.05, 0) is 31.7 Å². The summed E-state index contributed by atoms with van der Waals surface area (Å²) in [5, 5.41) is 3.49. The van der Waals surface area contributed by atoms with Crippen LogP contribution in [-0.4, -0.2) is 52.7 Å². The van der Waals surface area contributed by atoms with E-state index in [2.05, 4.69) is 12.2 Å². The second kappa shape index (κ2) is 9.83. The fourth-order valence-electron chi connectivity index (χ4n) is 1.84. The minimum Gasteiger partial charge on any atom is -0.382 e. The van der Waals surface area contributed by atoms with Gasteiger partial charge < -0.3 is 19.5 Å². The summed E-state index contributed by atoms with van der Waals surface area (Å²) in [6.45, 7) is 6.93. The largest absolute Gasteiger partial charge is 0.382 e. The minimum atomic E-state index is 0.564. The van der Waals surface area contributed by atoms with Crippen LogP contribution >= 0.6 is 0 Å². The Labute approximate surface area is 105 Å². The van der Waals surface area contributed by atoms with Gasteiger partial charge in [0.25, 0.3) is 0 Å². The molecule has 17 heavy (non-hydrogen) atoms. The molecule has 1 rings (SSSR count). The molecule has 1 aliphatic carbocycles. The Morgan fingerprint density at radius 1 is 1.12 bits per heavy atom. The van der Waals surface area contributed by atoms with Gasteiger partial charge in [0.05, 0.1) is 19.8 Å². The zero-order valence-corrected chi connectivity index (χ0v) is 11.2. The molecule has 4 heteroatoms. The van der Waals surface area contributed by atoms with Gasteiger partial charge in [0.2, 0.25) is 0 Å². The van der Waals surface area contributed by atoms with Crippen LogP contribution in [0.3, 0.4) is 0 Å². The van der Waals surface area contributed by atoms with Crippen LogP contribution in [0, 0.1) is 5.92 Å². The zero-order valence-electron chi connectivity index (χ0n) is 11.2. The number of rotatable bonds is 12. The lowest BCUT2D eigenvalue weighted by molar-refractivity contribution is 0.0463. The third kappa shape index (κ3) is 7.71. The smallest absolute Gasteiger partial charge is 0.0700 e. The molecule has 4 nitrogen and oxygen atoms in total. The van der Waals surface area contributed by atoms with Crippen molar-refractivity contribution in [1.82, 2.24) is 5.32 Å². The number of likely N-dealkylation sites (N-methyl/N-ethyl adjacent to an activating group) is 1. The summed E-state index contributed by atoms with van der Waals surface area (Å²) in [6, 6.07) is 0.564. The van der Waals surface area contributed by atoms with E-state index in [4.69, 9.17) is 14.2 Å². The van der Waals surface area contributed by atoms with Crippen molar-refractivity contribution in [3.05, 3.63) is 0 Å². The van der Waals surface area contributed by atoms with Crippen molar-refractivity contribution in [1.29, 1.82) is 0 Å². The molecule has 0 heterocycles. The highest BCUT2D eigenvalue weighted by Crippen LogP contribution is 2.32. The first-order valence-corrected chi connectivity index (χ1v) is 6.76. The predicted octanol–water partition coefficient (Wildman–Crippen LogP) is 1.44. The highest BCUT2D eigenvalue weighted by atomic mass is 16.5. The molecule has 102 valence electrons. The van der Waals surface area contributed by atoms with Gasteiger partial charge in [-0.25, -0.2) is 0 Å². The Balaban J connectivity index is 1.85. The molecule has 0 aromatic rings. The van der Waals surface area contributed by atoms with E-state index >= 15 is 0 Å². The molecule has 0 amide bonds. The molecule has 0 aliphatic heterocycles. The second-order valence-corrected chi connectivity index (χ2v) is 4.54. The van der Waals surface area contributed by atoms with Crippen molar-refractivity contribution in [3.8, 4) is 0 Å². The lowest BCUT2D eigenvalue weighted by Crippen LogP contribution is -2.35. The monoisotopic (exact) mass is 245 g/mol. The minimum absolute atomic E-state index is 0.564. The van der Waals surface area contributed by atoms with E-state index in [0.717, 1.165) is 38.7 Å². The maximum atomic E-state index is 5.68. The van der Waals surface area contributed by atoms with Crippen LogP contribution in [0.2, 0.25) is 0 Å². The Morgan fingerprint density at radius 3 is 2.53 bits per heavy atom. The van der Waals surface area contributed by atoms with Crippen molar-refractivity contribution >= 4 is 0 Å². The van der Waals surface area contributed by atoms with Crippen molar-refractivity contribution < 1.29 is 14.2 Å². The Morgan fingerprint density at radius 2 is 1.88 bits per heavy atom. The summed E-state index contributed by atoms with van der Waals surface area (Å²) < 4.78 is 15.9. The van der Waals surface area contributed by atoms with Gasteiger partial charge in [0.15, 0.2) is 0 Å². The molecular weight excluding hydrogens is 218 g/mol. The molecule has 0 aromatic heterocycles. The van der Waals surface area contributed by atoms with Gasteiger partial charge in [0, 0.05) is 26.4 Å². The molecule has 1 fully saturated rings. The SMILES string of the molecule is CCNC(COCCCOCCOC)C1CC1. The Kier molecular flexibility index (Phi) is 8.61. The van der Waals surface area contributed by atoms with Crippen LogP contribution in [0.5, 0.6) is 0 Å². The fraction of sp³-hybridized carbons (Fsp3) is 1.00. The summed E-state index contributed by atoms with van der Waals surface area (Å²) in [5.41, 5.74) is 0. The average molecular weight is 245 g/mol. The lowest BCUT2D eigenvalue weighted by Gasteiger charge is -2.17. The molecule has 1 unspecified atom stereocenters. The molecule has 0 saturated heterocycles. The van der Waals surface area contributed by atoms with Crippen LogP contribution in [0.25, 0.3) is 0 Å². The van der Waals surface area contributed by atoms with Gasteiger partial charge in [-0.3, -0.25) is 0 Å². The molecular formula is C13H27NO3. The molecule has 1 atom stereocenters. The number of hydrogen-bond donors (Lipinski definition) is 1. The lowest BCUT2D eigenvalue weighted by atomic mass is 10.2. The quantitative estimate of drug-likeness (QED) is 0.528. The van der Waals surface area contributed by atoms with Crippen molar-refractivity contribution in [3.63, 3.8) is 0 Å². The van der Waals surface area contributed by atoms with Crippen molar-refractivity contribution in [2.45, 2.75) is 32.2 Å². The van der Waals surface area contributed by atoms with Crippen LogP contribution < -0.4 is 5.32 Å². The Bertz CT molecular complexity index is 174. The van der Waals surface area contributed by atoms with Gasteiger partial charge in [0.1, 0.15) is 0 Å². The first kappa shape index (κ1) is 14.9. The topological polar surface area (TPSA) is 39.7 Å². The summed E-state index contributed by atoms with van der Waals surface area (Å²) in [6.07, 6.45) is 3.69. The first-order valence-electron chi connectivity index (χ1n) is 6.76. The fourth-order valence-corrected chi connectivity index (χ4v) is 1.84. The summed E-state index contributed by atoms with van der Waals surface area (Å²) in [5.74, 6) is 0.855. The number of hydrogen-bond acceptors (Lipinski definition) is 4. The molecule has 1 N–H and O–H groups in total. The van der Waals surface area contributed by atoms with Crippen LogP contribution in [0.1, 0.15) is 26.2 Å². The second-order valence-electron chi connectivity index (χ2n) is 4.54. The summed E-state index contributed by atoms with van der Waals surface area (Å²) in [7, 11) is 1.69.